The number of rotatable bonds is 7. The number of amides is 2. The summed E-state index contributed by atoms with van der Waals surface area (Å²) in [6.45, 7) is 3.99. The number of nitrogens with one attached hydrogen (secondary N) is 2. The van der Waals surface area contributed by atoms with Crippen LogP contribution in [0.5, 0.6) is 5.75 Å². The zero-order valence-corrected chi connectivity index (χ0v) is 23.2. The van der Waals surface area contributed by atoms with E-state index in [1.54, 1.807) is 30.1 Å². The van der Waals surface area contributed by atoms with Crippen LogP contribution in [0.25, 0.3) is 32.9 Å². The third-order valence-corrected chi connectivity index (χ3v) is 7.06. The van der Waals surface area contributed by atoms with Gasteiger partial charge in [-0.2, -0.15) is 5.10 Å². The average molecular weight is 578 g/mol. The van der Waals surface area contributed by atoms with Crippen LogP contribution in [0.4, 0.5) is 23.7 Å². The second-order valence-electron chi connectivity index (χ2n) is 9.33. The standard InChI is InChI=1S/C30H26F3N5O2S/c1-4-20-7-5-6-18(2)26(20)35-29(39)37-41-34-17-19-8-14-24-22(16-19)11-15-25-27(24)36-38(3)28(25)21-9-12-23(13-10-21)40-30(31,32)33/h5-17H,4H2,1-3H3,(H2,35,37,39). The van der Waals surface area contributed by atoms with E-state index < -0.39 is 6.36 Å². The molecule has 11 heteroatoms. The van der Waals surface area contributed by atoms with Crippen LogP contribution >= 0.6 is 12.1 Å². The van der Waals surface area contributed by atoms with Crippen molar-refractivity contribution in [2.75, 3.05) is 5.32 Å². The number of alkyl halides is 3. The Balaban J connectivity index is 1.30. The van der Waals surface area contributed by atoms with Gasteiger partial charge in [-0.3, -0.25) is 9.40 Å². The van der Waals surface area contributed by atoms with Crippen LogP contribution in [0, 0.1) is 6.92 Å². The Hall–Kier alpha value is -4.51. The third kappa shape index (κ3) is 6.30. The quantitative estimate of drug-likeness (QED) is 0.152. The molecule has 0 saturated heterocycles. The Morgan fingerprint density at radius 1 is 1.07 bits per heavy atom. The van der Waals surface area contributed by atoms with Crippen molar-refractivity contribution in [3.63, 3.8) is 0 Å². The topological polar surface area (TPSA) is 80.5 Å². The highest BCUT2D eigenvalue weighted by molar-refractivity contribution is 7.96. The lowest BCUT2D eigenvalue weighted by molar-refractivity contribution is -0.274. The number of anilines is 1. The van der Waals surface area contributed by atoms with E-state index in [9.17, 15) is 18.0 Å². The summed E-state index contributed by atoms with van der Waals surface area (Å²) in [7, 11) is 1.80. The number of para-hydroxylation sites is 1. The normalized spacial score (nSPS) is 11.9. The fourth-order valence-corrected chi connectivity index (χ4v) is 5.10. The van der Waals surface area contributed by atoms with E-state index in [-0.39, 0.29) is 11.8 Å². The number of nitrogens with zero attached hydrogens (tertiary/aromatic N) is 3. The van der Waals surface area contributed by atoms with Crippen molar-refractivity contribution < 1.29 is 22.7 Å². The third-order valence-electron chi connectivity index (χ3n) is 6.58. The summed E-state index contributed by atoms with van der Waals surface area (Å²) in [6, 6.07) is 21.0. The summed E-state index contributed by atoms with van der Waals surface area (Å²) >= 11 is 0.930. The molecular formula is C30H26F3N5O2S. The van der Waals surface area contributed by atoms with Gasteiger partial charge in [0.1, 0.15) is 11.3 Å². The van der Waals surface area contributed by atoms with Gasteiger partial charge in [0, 0.05) is 35.3 Å². The van der Waals surface area contributed by atoms with Gasteiger partial charge >= 0.3 is 12.4 Å². The molecule has 2 N–H and O–H groups in total. The molecule has 41 heavy (non-hydrogen) atoms. The van der Waals surface area contributed by atoms with Crippen molar-refractivity contribution in [3.8, 4) is 17.0 Å². The average Bonchev–Trinajstić information content (AvgIpc) is 3.27. The van der Waals surface area contributed by atoms with Gasteiger partial charge in [-0.05, 0) is 71.8 Å². The second kappa shape index (κ2) is 11.5. The first-order valence-corrected chi connectivity index (χ1v) is 13.5. The van der Waals surface area contributed by atoms with Crippen molar-refractivity contribution in [3.05, 3.63) is 89.5 Å². The van der Waals surface area contributed by atoms with Crippen LogP contribution in [0.3, 0.4) is 0 Å². The lowest BCUT2D eigenvalue weighted by Crippen LogP contribution is -2.23. The minimum absolute atomic E-state index is 0.279. The Morgan fingerprint density at radius 3 is 2.56 bits per heavy atom. The van der Waals surface area contributed by atoms with E-state index in [0.717, 1.165) is 73.9 Å². The monoisotopic (exact) mass is 577 g/mol. The minimum atomic E-state index is -4.74. The Kier molecular flexibility index (Phi) is 7.89. The van der Waals surface area contributed by atoms with Gasteiger partial charge in [0.2, 0.25) is 0 Å². The van der Waals surface area contributed by atoms with E-state index in [4.69, 9.17) is 0 Å². The molecule has 0 radical (unpaired) electrons. The smallest absolute Gasteiger partial charge is 0.406 e. The predicted octanol–water partition coefficient (Wildman–Crippen LogP) is 7.97. The number of halogens is 3. The number of aryl methyl sites for hydroxylation is 3. The zero-order valence-electron chi connectivity index (χ0n) is 22.4. The Labute approximate surface area is 238 Å². The maximum absolute atomic E-state index is 12.5. The molecule has 7 nitrogen and oxygen atoms in total. The minimum Gasteiger partial charge on any atom is -0.406 e. The molecule has 0 unspecified atom stereocenters. The van der Waals surface area contributed by atoms with Gasteiger partial charge in [0.15, 0.2) is 0 Å². The highest BCUT2D eigenvalue weighted by Crippen LogP contribution is 2.34. The number of urea groups is 1. The first kappa shape index (κ1) is 28.0. The highest BCUT2D eigenvalue weighted by atomic mass is 32.2. The molecular weight excluding hydrogens is 551 g/mol. The van der Waals surface area contributed by atoms with Crippen LogP contribution in [0.2, 0.25) is 0 Å². The maximum Gasteiger partial charge on any atom is 0.573 e. The lowest BCUT2D eigenvalue weighted by Gasteiger charge is -2.12. The number of fused-ring (bicyclic) bond motifs is 3. The Bertz CT molecular complexity index is 1760. The van der Waals surface area contributed by atoms with Gasteiger partial charge in [-0.25, -0.2) is 9.19 Å². The molecule has 4 aromatic carbocycles. The molecule has 0 saturated carbocycles. The molecule has 0 aliphatic heterocycles. The van der Waals surface area contributed by atoms with Crippen LogP contribution in [0.15, 0.2) is 77.2 Å². The molecule has 0 aliphatic carbocycles. The summed E-state index contributed by atoms with van der Waals surface area (Å²) < 4.78 is 50.2. The van der Waals surface area contributed by atoms with Gasteiger partial charge < -0.3 is 10.1 Å². The number of benzene rings is 4. The molecule has 0 fully saturated rings. The molecule has 0 aliphatic rings. The van der Waals surface area contributed by atoms with E-state index in [2.05, 4.69) is 24.3 Å². The van der Waals surface area contributed by atoms with Crippen LogP contribution < -0.4 is 14.8 Å². The molecule has 0 bridgehead atoms. The van der Waals surface area contributed by atoms with Crippen molar-refractivity contribution in [1.82, 2.24) is 14.5 Å². The summed E-state index contributed by atoms with van der Waals surface area (Å²) in [5.74, 6) is -0.279. The number of carbonyl (C=O) groups is 1. The van der Waals surface area contributed by atoms with Crippen molar-refractivity contribution in [2.24, 2.45) is 11.4 Å². The van der Waals surface area contributed by atoms with Crippen molar-refractivity contribution in [1.29, 1.82) is 0 Å². The molecule has 0 atom stereocenters. The van der Waals surface area contributed by atoms with Gasteiger partial charge in [-0.15, -0.1) is 13.2 Å². The van der Waals surface area contributed by atoms with E-state index in [1.807, 2.05) is 62.4 Å². The largest absolute Gasteiger partial charge is 0.573 e. The van der Waals surface area contributed by atoms with E-state index in [0.29, 0.717) is 0 Å². The van der Waals surface area contributed by atoms with Gasteiger partial charge in [0.05, 0.1) is 17.8 Å². The highest BCUT2D eigenvalue weighted by Gasteiger charge is 2.31. The van der Waals surface area contributed by atoms with Crippen molar-refractivity contribution in [2.45, 2.75) is 26.6 Å². The SMILES string of the molecule is CCc1cccc(C)c1NC(=O)NSN=Cc1ccc2c(ccc3c(-c4ccc(OC(F)(F)F)cc4)n(C)nc32)c1. The first-order valence-electron chi connectivity index (χ1n) is 12.7. The molecule has 210 valence electrons. The summed E-state index contributed by atoms with van der Waals surface area (Å²) in [5, 5.41) is 10.3. The molecule has 1 heterocycles. The molecule has 5 rings (SSSR count). The lowest BCUT2D eigenvalue weighted by atomic mass is 10.0. The van der Waals surface area contributed by atoms with Crippen molar-refractivity contribution >= 4 is 51.7 Å². The van der Waals surface area contributed by atoms with Crippen LogP contribution in [-0.2, 0) is 13.5 Å². The number of ether oxygens (including phenoxy) is 1. The summed E-state index contributed by atoms with van der Waals surface area (Å²) in [4.78, 5) is 12.4. The maximum atomic E-state index is 12.5. The van der Waals surface area contributed by atoms with Gasteiger partial charge in [-0.1, -0.05) is 43.3 Å². The zero-order chi connectivity index (χ0) is 29.1. The fraction of sp³-hybridized carbons (Fsp3) is 0.167. The second-order valence-corrected chi connectivity index (χ2v) is 9.93. The summed E-state index contributed by atoms with van der Waals surface area (Å²) in [6.07, 6.45) is -2.27. The summed E-state index contributed by atoms with van der Waals surface area (Å²) in [5.41, 5.74) is 5.98. The van der Waals surface area contributed by atoms with Crippen LogP contribution in [0.1, 0.15) is 23.6 Å². The number of hydrogen-bond donors (Lipinski definition) is 2. The molecule has 5 aromatic rings. The molecule has 0 spiro atoms. The number of aromatic nitrogens is 2. The van der Waals surface area contributed by atoms with Crippen LogP contribution in [-0.4, -0.2) is 28.4 Å². The fourth-order valence-electron chi connectivity index (χ4n) is 4.74. The van der Waals surface area contributed by atoms with Gasteiger partial charge in [0.25, 0.3) is 0 Å². The molecule has 2 amide bonds. The predicted molar refractivity (Wildman–Crippen MR) is 158 cm³/mol. The number of carbonyl (C=O) groups excluding carboxylic acids is 1. The first-order chi connectivity index (χ1) is 19.6. The van der Waals surface area contributed by atoms with E-state index >= 15 is 0 Å². The number of hydrogen-bond acceptors (Lipinski definition) is 5. The molecule has 1 aromatic heterocycles. The van der Waals surface area contributed by atoms with E-state index in [1.165, 1.54) is 12.1 Å². The Morgan fingerprint density at radius 2 is 1.83 bits per heavy atom.